The van der Waals surface area contributed by atoms with Crippen LogP contribution in [-0.4, -0.2) is 47.5 Å². The van der Waals surface area contributed by atoms with Gasteiger partial charge in [0.25, 0.3) is 0 Å². The molecule has 1 aliphatic rings. The van der Waals surface area contributed by atoms with Crippen LogP contribution in [0.5, 0.6) is 11.5 Å². The third-order valence-electron chi connectivity index (χ3n) is 3.17. The highest BCUT2D eigenvalue weighted by atomic mass is 32.2. The highest BCUT2D eigenvalue weighted by Gasteiger charge is 2.22. The van der Waals surface area contributed by atoms with Crippen molar-refractivity contribution in [1.82, 2.24) is 5.32 Å². The molecule has 0 radical (unpaired) electrons. The largest absolute Gasteiger partial charge is 0.454 e. The molecule has 1 heterocycles. The van der Waals surface area contributed by atoms with Gasteiger partial charge < -0.3 is 19.5 Å². The summed E-state index contributed by atoms with van der Waals surface area (Å²) < 4.78 is 39.4. The zero-order valence-corrected chi connectivity index (χ0v) is 12.4. The van der Waals surface area contributed by atoms with Gasteiger partial charge in [-0.15, -0.1) is 0 Å². The third kappa shape index (κ3) is 3.62. The summed E-state index contributed by atoms with van der Waals surface area (Å²) in [6.07, 6.45) is 0. The lowest BCUT2D eigenvalue weighted by atomic mass is 10.1. The van der Waals surface area contributed by atoms with Crippen molar-refractivity contribution in [2.75, 3.05) is 39.1 Å². The Kier molecular flexibility index (Phi) is 4.85. The maximum Gasteiger partial charge on any atom is 0.231 e. The van der Waals surface area contributed by atoms with Gasteiger partial charge in [-0.05, 0) is 24.7 Å². The van der Waals surface area contributed by atoms with Gasteiger partial charge in [0.05, 0.1) is 18.1 Å². The van der Waals surface area contributed by atoms with Gasteiger partial charge in [0.15, 0.2) is 21.3 Å². The molecule has 2 rings (SSSR count). The Morgan fingerprint density at radius 3 is 2.80 bits per heavy atom. The Hall–Kier alpha value is -1.31. The van der Waals surface area contributed by atoms with Crippen molar-refractivity contribution < 1.29 is 22.6 Å². The second-order valence-electron chi connectivity index (χ2n) is 4.56. The van der Waals surface area contributed by atoms with Crippen LogP contribution >= 0.6 is 0 Å². The molecule has 1 aromatic carbocycles. The number of fused-ring (bicyclic) bond motifs is 1. The van der Waals surface area contributed by atoms with Crippen molar-refractivity contribution >= 4 is 9.84 Å². The van der Waals surface area contributed by atoms with E-state index in [0.29, 0.717) is 11.5 Å². The Labute approximate surface area is 118 Å². The summed E-state index contributed by atoms with van der Waals surface area (Å²) in [5.74, 6) is 1.38. The van der Waals surface area contributed by atoms with E-state index in [0.717, 1.165) is 5.56 Å². The first kappa shape index (κ1) is 15.1. The summed E-state index contributed by atoms with van der Waals surface area (Å²) >= 11 is 0. The van der Waals surface area contributed by atoms with Gasteiger partial charge in [-0.3, -0.25) is 0 Å². The van der Waals surface area contributed by atoms with E-state index < -0.39 is 9.84 Å². The quantitative estimate of drug-likeness (QED) is 0.800. The standard InChI is InChI=1S/C13H19NO5S/c1-14-11(8-20(15,16)6-5-17-2)10-3-4-12-13(7-10)19-9-18-12/h3-4,7,11,14H,5-6,8-9H2,1-2H3. The second kappa shape index (κ2) is 6.43. The number of nitrogens with one attached hydrogen (secondary N) is 1. The van der Waals surface area contributed by atoms with Gasteiger partial charge in [0, 0.05) is 13.2 Å². The van der Waals surface area contributed by atoms with Crippen LogP contribution in [0.3, 0.4) is 0 Å². The molecule has 7 heteroatoms. The fraction of sp³-hybridized carbons (Fsp3) is 0.538. The normalized spacial score (nSPS) is 15.3. The zero-order valence-electron chi connectivity index (χ0n) is 11.6. The fourth-order valence-corrected chi connectivity index (χ4v) is 3.48. The Bertz CT molecular complexity index is 558. The Morgan fingerprint density at radius 1 is 1.35 bits per heavy atom. The number of benzene rings is 1. The van der Waals surface area contributed by atoms with Crippen molar-refractivity contribution in [2.24, 2.45) is 0 Å². The van der Waals surface area contributed by atoms with Crippen molar-refractivity contribution in [2.45, 2.75) is 6.04 Å². The monoisotopic (exact) mass is 301 g/mol. The van der Waals surface area contributed by atoms with Crippen molar-refractivity contribution in [1.29, 1.82) is 0 Å². The molecular weight excluding hydrogens is 282 g/mol. The molecule has 1 unspecified atom stereocenters. The summed E-state index contributed by atoms with van der Waals surface area (Å²) in [4.78, 5) is 0. The van der Waals surface area contributed by atoms with E-state index in [4.69, 9.17) is 14.2 Å². The van der Waals surface area contributed by atoms with E-state index in [-0.39, 0.29) is 30.9 Å². The molecule has 1 aliphatic heterocycles. The lowest BCUT2D eigenvalue weighted by Gasteiger charge is -2.17. The molecule has 0 aromatic heterocycles. The van der Waals surface area contributed by atoms with Gasteiger partial charge in [0.1, 0.15) is 0 Å². The van der Waals surface area contributed by atoms with Crippen LogP contribution in [0.2, 0.25) is 0 Å². The van der Waals surface area contributed by atoms with Crippen LogP contribution < -0.4 is 14.8 Å². The predicted octanol–water partition coefficient (Wildman–Crippen LogP) is 0.737. The van der Waals surface area contributed by atoms with E-state index in [1.165, 1.54) is 7.11 Å². The third-order valence-corrected chi connectivity index (χ3v) is 4.80. The topological polar surface area (TPSA) is 73.9 Å². The van der Waals surface area contributed by atoms with Crippen molar-refractivity contribution in [3.05, 3.63) is 23.8 Å². The minimum Gasteiger partial charge on any atom is -0.454 e. The maximum absolute atomic E-state index is 12.0. The molecule has 0 bridgehead atoms. The molecule has 112 valence electrons. The molecule has 1 aromatic rings. The number of hydrogen-bond acceptors (Lipinski definition) is 6. The Balaban J connectivity index is 2.12. The molecule has 0 saturated carbocycles. The van der Waals surface area contributed by atoms with Gasteiger partial charge in [0.2, 0.25) is 6.79 Å². The highest BCUT2D eigenvalue weighted by molar-refractivity contribution is 7.91. The van der Waals surface area contributed by atoms with Crippen LogP contribution in [0.1, 0.15) is 11.6 Å². The second-order valence-corrected chi connectivity index (χ2v) is 6.79. The van der Waals surface area contributed by atoms with Crippen LogP contribution in [0, 0.1) is 0 Å². The predicted molar refractivity (Wildman–Crippen MR) is 74.9 cm³/mol. The van der Waals surface area contributed by atoms with Gasteiger partial charge in [-0.2, -0.15) is 0 Å². The number of sulfone groups is 1. The van der Waals surface area contributed by atoms with E-state index in [1.807, 2.05) is 12.1 Å². The average Bonchev–Trinajstić information content (AvgIpc) is 2.90. The zero-order chi connectivity index (χ0) is 14.6. The number of rotatable bonds is 7. The fourth-order valence-electron chi connectivity index (χ4n) is 2.02. The summed E-state index contributed by atoms with van der Waals surface area (Å²) in [6, 6.07) is 5.17. The average molecular weight is 301 g/mol. The first-order valence-corrected chi connectivity index (χ1v) is 8.14. The lowest BCUT2D eigenvalue weighted by molar-refractivity contribution is 0.174. The van der Waals surface area contributed by atoms with E-state index in [2.05, 4.69) is 5.32 Å². The molecule has 0 saturated heterocycles. The summed E-state index contributed by atoms with van der Waals surface area (Å²) in [5, 5.41) is 3.03. The molecular formula is C13H19NO5S. The van der Waals surface area contributed by atoms with Crippen LogP contribution in [0.4, 0.5) is 0 Å². The van der Waals surface area contributed by atoms with Gasteiger partial charge in [-0.1, -0.05) is 6.07 Å². The van der Waals surface area contributed by atoms with E-state index in [1.54, 1.807) is 13.1 Å². The van der Waals surface area contributed by atoms with Gasteiger partial charge in [-0.25, -0.2) is 8.42 Å². The molecule has 20 heavy (non-hydrogen) atoms. The number of ether oxygens (including phenoxy) is 3. The molecule has 0 aliphatic carbocycles. The minimum atomic E-state index is -3.18. The number of methoxy groups -OCH3 is 1. The molecule has 6 nitrogen and oxygen atoms in total. The van der Waals surface area contributed by atoms with Crippen molar-refractivity contribution in [3.8, 4) is 11.5 Å². The lowest BCUT2D eigenvalue weighted by Crippen LogP contribution is -2.27. The van der Waals surface area contributed by atoms with Crippen LogP contribution in [-0.2, 0) is 14.6 Å². The summed E-state index contributed by atoms with van der Waals surface area (Å²) in [7, 11) is 0.0494. The maximum atomic E-state index is 12.0. The summed E-state index contributed by atoms with van der Waals surface area (Å²) in [5.41, 5.74) is 0.859. The molecule has 1 atom stereocenters. The van der Waals surface area contributed by atoms with E-state index >= 15 is 0 Å². The first-order chi connectivity index (χ1) is 9.55. The van der Waals surface area contributed by atoms with Crippen molar-refractivity contribution in [3.63, 3.8) is 0 Å². The molecule has 0 spiro atoms. The van der Waals surface area contributed by atoms with Gasteiger partial charge >= 0.3 is 0 Å². The summed E-state index contributed by atoms with van der Waals surface area (Å²) in [6.45, 7) is 0.412. The van der Waals surface area contributed by atoms with E-state index in [9.17, 15) is 8.42 Å². The highest BCUT2D eigenvalue weighted by Crippen LogP contribution is 2.34. The molecule has 1 N–H and O–H groups in total. The minimum absolute atomic E-state index is 0.0201. The smallest absolute Gasteiger partial charge is 0.231 e. The SMILES string of the molecule is CNC(CS(=O)(=O)CCOC)c1ccc2c(c1)OCO2. The first-order valence-electron chi connectivity index (χ1n) is 6.32. The Morgan fingerprint density at radius 2 is 2.10 bits per heavy atom. The van der Waals surface area contributed by atoms with Crippen LogP contribution in [0.25, 0.3) is 0 Å². The van der Waals surface area contributed by atoms with Crippen LogP contribution in [0.15, 0.2) is 18.2 Å². The molecule has 0 fully saturated rings. The molecule has 0 amide bonds. The number of hydrogen-bond donors (Lipinski definition) is 1.